The van der Waals surface area contributed by atoms with Gasteiger partial charge in [-0.05, 0) is 49.4 Å². The summed E-state index contributed by atoms with van der Waals surface area (Å²) in [5, 5.41) is 13.5. The molecule has 1 amide bonds. The number of thiophene rings is 1. The summed E-state index contributed by atoms with van der Waals surface area (Å²) in [7, 11) is 0. The summed E-state index contributed by atoms with van der Waals surface area (Å²) in [5.41, 5.74) is 10.1. The van der Waals surface area contributed by atoms with E-state index in [1.165, 1.54) is 31.5 Å². The van der Waals surface area contributed by atoms with E-state index in [4.69, 9.17) is 5.73 Å². The van der Waals surface area contributed by atoms with Gasteiger partial charge in [-0.2, -0.15) is 5.26 Å². The van der Waals surface area contributed by atoms with E-state index in [0.717, 1.165) is 23.4 Å². The number of nitrogens with two attached hydrogens (primary N) is 1. The summed E-state index contributed by atoms with van der Waals surface area (Å²) in [5.74, 6) is -0.0762. The standard InChI is InChI=1S/C23H30N4OS/c1-17(2)13-21(23(25)28)27(12-9-24)22-16-29-15-20(22)19-7-5-18(6-8-19)14-26-10-3-4-11-26/h5-8,15-17,21H,3-4,10-14H2,1-2H3,(H2,25,28)/t21-/m0/s1. The van der Waals surface area contributed by atoms with Gasteiger partial charge in [0.05, 0.1) is 11.8 Å². The Morgan fingerprint density at radius 3 is 2.52 bits per heavy atom. The first-order valence-corrected chi connectivity index (χ1v) is 11.2. The Bertz CT molecular complexity index is 847. The van der Waals surface area contributed by atoms with E-state index in [9.17, 15) is 10.1 Å². The molecule has 3 rings (SSSR count). The number of likely N-dealkylation sites (tertiary alicyclic amines) is 1. The lowest BCUT2D eigenvalue weighted by Crippen LogP contribution is -2.46. The maximum atomic E-state index is 12.2. The van der Waals surface area contributed by atoms with Crippen molar-refractivity contribution in [2.24, 2.45) is 11.7 Å². The molecule has 1 aromatic carbocycles. The van der Waals surface area contributed by atoms with Gasteiger partial charge in [-0.3, -0.25) is 9.69 Å². The summed E-state index contributed by atoms with van der Waals surface area (Å²) in [4.78, 5) is 16.5. The lowest BCUT2D eigenvalue weighted by Gasteiger charge is -2.31. The Balaban J connectivity index is 1.85. The highest BCUT2D eigenvalue weighted by atomic mass is 32.1. The number of nitriles is 1. The van der Waals surface area contributed by atoms with Crippen LogP contribution >= 0.6 is 11.3 Å². The van der Waals surface area contributed by atoms with Crippen LogP contribution in [0.25, 0.3) is 11.1 Å². The molecule has 0 spiro atoms. The number of carbonyl (C=O) groups excluding carboxylic acids is 1. The lowest BCUT2D eigenvalue weighted by molar-refractivity contribution is -0.119. The molecular formula is C23H30N4OS. The number of nitrogens with zero attached hydrogens (tertiary/aromatic N) is 3. The van der Waals surface area contributed by atoms with E-state index in [0.29, 0.717) is 12.3 Å². The van der Waals surface area contributed by atoms with Gasteiger partial charge in [-0.15, -0.1) is 11.3 Å². The molecular weight excluding hydrogens is 380 g/mol. The van der Waals surface area contributed by atoms with Gasteiger partial charge >= 0.3 is 0 Å². The van der Waals surface area contributed by atoms with E-state index in [-0.39, 0.29) is 12.5 Å². The van der Waals surface area contributed by atoms with Gasteiger partial charge in [0.15, 0.2) is 0 Å². The topological polar surface area (TPSA) is 73.4 Å². The third kappa shape index (κ3) is 5.37. The van der Waals surface area contributed by atoms with E-state index in [2.05, 4.69) is 54.5 Å². The largest absolute Gasteiger partial charge is 0.368 e. The molecule has 154 valence electrons. The van der Waals surface area contributed by atoms with E-state index >= 15 is 0 Å². The zero-order valence-electron chi connectivity index (χ0n) is 17.3. The number of amides is 1. The van der Waals surface area contributed by atoms with Crippen molar-refractivity contribution in [2.75, 3.05) is 24.5 Å². The molecule has 2 aromatic rings. The molecule has 0 aliphatic carbocycles. The molecule has 29 heavy (non-hydrogen) atoms. The van der Waals surface area contributed by atoms with Gasteiger partial charge in [0.2, 0.25) is 5.91 Å². The van der Waals surface area contributed by atoms with Gasteiger partial charge in [0.25, 0.3) is 0 Å². The molecule has 0 unspecified atom stereocenters. The van der Waals surface area contributed by atoms with Gasteiger partial charge in [-0.25, -0.2) is 0 Å². The van der Waals surface area contributed by atoms with Crippen LogP contribution in [0.15, 0.2) is 35.0 Å². The molecule has 0 saturated carbocycles. The Labute approximate surface area is 177 Å². The number of primary amides is 1. The van der Waals surface area contributed by atoms with Crippen LogP contribution in [0.2, 0.25) is 0 Å². The van der Waals surface area contributed by atoms with E-state index < -0.39 is 6.04 Å². The molecule has 1 aromatic heterocycles. The summed E-state index contributed by atoms with van der Waals surface area (Å²) in [6.45, 7) is 7.63. The third-order valence-electron chi connectivity index (χ3n) is 5.46. The first kappa shape index (κ1) is 21.4. The molecule has 1 fully saturated rings. The molecule has 0 radical (unpaired) electrons. The van der Waals surface area contributed by atoms with Crippen molar-refractivity contribution in [1.82, 2.24) is 4.90 Å². The molecule has 6 heteroatoms. The normalized spacial score (nSPS) is 15.4. The summed E-state index contributed by atoms with van der Waals surface area (Å²) in [6, 6.07) is 10.4. The highest BCUT2D eigenvalue weighted by Gasteiger charge is 2.27. The Morgan fingerprint density at radius 2 is 1.93 bits per heavy atom. The van der Waals surface area contributed by atoms with Crippen molar-refractivity contribution < 1.29 is 4.79 Å². The number of hydrogen-bond donors (Lipinski definition) is 1. The first-order chi connectivity index (χ1) is 14.0. The highest BCUT2D eigenvalue weighted by Crippen LogP contribution is 2.36. The second kappa shape index (κ2) is 9.91. The van der Waals surface area contributed by atoms with Crippen molar-refractivity contribution >= 4 is 22.9 Å². The Morgan fingerprint density at radius 1 is 1.24 bits per heavy atom. The minimum Gasteiger partial charge on any atom is -0.368 e. The highest BCUT2D eigenvalue weighted by molar-refractivity contribution is 7.08. The number of carbonyl (C=O) groups is 1. The third-order valence-corrected chi connectivity index (χ3v) is 6.19. The van der Waals surface area contributed by atoms with Crippen molar-refractivity contribution in [3.63, 3.8) is 0 Å². The minimum atomic E-state index is -0.488. The fourth-order valence-electron chi connectivity index (χ4n) is 4.00. The Hall–Kier alpha value is -2.36. The van der Waals surface area contributed by atoms with Gasteiger partial charge < -0.3 is 10.6 Å². The smallest absolute Gasteiger partial charge is 0.240 e. The first-order valence-electron chi connectivity index (χ1n) is 10.3. The average molecular weight is 411 g/mol. The minimum absolute atomic E-state index is 0.136. The predicted octanol–water partition coefficient (Wildman–Crippen LogP) is 4.24. The maximum absolute atomic E-state index is 12.2. The molecule has 1 aliphatic rings. The zero-order valence-corrected chi connectivity index (χ0v) is 18.1. The number of rotatable bonds is 9. The van der Waals surface area contributed by atoms with Crippen LogP contribution in [0.1, 0.15) is 38.7 Å². The molecule has 1 saturated heterocycles. The Kier molecular flexibility index (Phi) is 7.29. The SMILES string of the molecule is CC(C)C[C@@H](C(N)=O)N(CC#N)c1cscc1-c1ccc(CN2CCCC2)cc1. The second-order valence-corrected chi connectivity index (χ2v) is 8.93. The molecule has 0 bridgehead atoms. The summed E-state index contributed by atoms with van der Waals surface area (Å²) in [6.07, 6.45) is 3.21. The molecule has 5 nitrogen and oxygen atoms in total. The average Bonchev–Trinajstić information content (AvgIpc) is 3.37. The van der Waals surface area contributed by atoms with Crippen LogP contribution < -0.4 is 10.6 Å². The van der Waals surface area contributed by atoms with Crippen LogP contribution in [0.3, 0.4) is 0 Å². The molecule has 1 atom stereocenters. The second-order valence-electron chi connectivity index (χ2n) is 8.18. The van der Waals surface area contributed by atoms with E-state index in [1.807, 2.05) is 10.3 Å². The zero-order chi connectivity index (χ0) is 20.8. The van der Waals surface area contributed by atoms with Crippen molar-refractivity contribution in [3.05, 3.63) is 40.6 Å². The van der Waals surface area contributed by atoms with Crippen LogP contribution in [0, 0.1) is 17.2 Å². The fraction of sp³-hybridized carbons (Fsp3) is 0.478. The molecule has 2 N–H and O–H groups in total. The monoisotopic (exact) mass is 410 g/mol. The van der Waals surface area contributed by atoms with Crippen LogP contribution in [0.4, 0.5) is 5.69 Å². The van der Waals surface area contributed by atoms with Crippen LogP contribution in [-0.4, -0.2) is 36.5 Å². The summed E-state index contributed by atoms with van der Waals surface area (Å²) < 4.78 is 0. The summed E-state index contributed by atoms with van der Waals surface area (Å²) >= 11 is 1.58. The van der Waals surface area contributed by atoms with Crippen LogP contribution in [0.5, 0.6) is 0 Å². The van der Waals surface area contributed by atoms with Gasteiger partial charge in [-0.1, -0.05) is 38.1 Å². The van der Waals surface area contributed by atoms with Crippen molar-refractivity contribution in [2.45, 2.75) is 45.7 Å². The van der Waals surface area contributed by atoms with Gasteiger partial charge in [0.1, 0.15) is 12.6 Å². The van der Waals surface area contributed by atoms with E-state index in [1.54, 1.807) is 11.3 Å². The van der Waals surface area contributed by atoms with Crippen molar-refractivity contribution in [1.29, 1.82) is 5.26 Å². The van der Waals surface area contributed by atoms with Gasteiger partial charge in [0, 0.05) is 22.9 Å². The predicted molar refractivity (Wildman–Crippen MR) is 120 cm³/mol. The fourth-order valence-corrected chi connectivity index (χ4v) is 4.85. The van der Waals surface area contributed by atoms with Crippen LogP contribution in [-0.2, 0) is 11.3 Å². The number of anilines is 1. The molecule has 1 aliphatic heterocycles. The number of benzene rings is 1. The van der Waals surface area contributed by atoms with Crippen molar-refractivity contribution in [3.8, 4) is 17.2 Å². The lowest BCUT2D eigenvalue weighted by atomic mass is 9.99. The molecule has 2 heterocycles. The quantitative estimate of drug-likeness (QED) is 0.628. The maximum Gasteiger partial charge on any atom is 0.240 e. The number of hydrogen-bond acceptors (Lipinski definition) is 5.